The van der Waals surface area contributed by atoms with E-state index in [1.807, 2.05) is 31.2 Å². The van der Waals surface area contributed by atoms with Crippen molar-refractivity contribution in [3.63, 3.8) is 0 Å². The molecule has 0 bridgehead atoms. The van der Waals surface area contributed by atoms with Crippen molar-refractivity contribution in [2.45, 2.75) is 24.7 Å². The van der Waals surface area contributed by atoms with Crippen LogP contribution in [0, 0.1) is 0 Å². The lowest BCUT2D eigenvalue weighted by Crippen LogP contribution is -2.11. The SMILES string of the molecule is C=C(Cc1ccc(OS(=O)(=O)c2cccc(-n3nc4ccccc4n3)c2)cc1)C(=O)OCCC.N. The van der Waals surface area contributed by atoms with Gasteiger partial charge in [-0.1, -0.05) is 43.8 Å². The number of esters is 1. The number of benzene rings is 3. The van der Waals surface area contributed by atoms with Gasteiger partial charge in [0.05, 0.1) is 12.3 Å². The molecule has 0 saturated carbocycles. The molecule has 0 spiro atoms. The van der Waals surface area contributed by atoms with Crippen molar-refractivity contribution >= 4 is 27.1 Å². The maximum absolute atomic E-state index is 12.9. The van der Waals surface area contributed by atoms with Crippen molar-refractivity contribution in [1.29, 1.82) is 0 Å². The fraction of sp³-hybridized carbons (Fsp3) is 0.160. The molecule has 0 amide bonds. The molecule has 9 nitrogen and oxygen atoms in total. The van der Waals surface area contributed by atoms with Gasteiger partial charge in [0.2, 0.25) is 0 Å². The van der Waals surface area contributed by atoms with Crippen molar-refractivity contribution in [1.82, 2.24) is 21.1 Å². The first-order chi connectivity index (χ1) is 16.4. The highest BCUT2D eigenvalue weighted by atomic mass is 32.2. The predicted molar refractivity (Wildman–Crippen MR) is 132 cm³/mol. The highest BCUT2D eigenvalue weighted by Crippen LogP contribution is 2.22. The van der Waals surface area contributed by atoms with Gasteiger partial charge in [-0.25, -0.2) is 4.79 Å². The van der Waals surface area contributed by atoms with Gasteiger partial charge in [0, 0.05) is 12.0 Å². The van der Waals surface area contributed by atoms with Crippen LogP contribution in [0.3, 0.4) is 0 Å². The van der Waals surface area contributed by atoms with E-state index < -0.39 is 16.1 Å². The lowest BCUT2D eigenvalue weighted by Gasteiger charge is -2.10. The van der Waals surface area contributed by atoms with Gasteiger partial charge in [-0.05, 0) is 54.4 Å². The largest absolute Gasteiger partial charge is 0.462 e. The number of carbonyl (C=O) groups is 1. The van der Waals surface area contributed by atoms with E-state index in [-0.39, 0.29) is 16.8 Å². The van der Waals surface area contributed by atoms with Crippen LogP contribution >= 0.6 is 0 Å². The van der Waals surface area contributed by atoms with E-state index in [4.69, 9.17) is 8.92 Å². The van der Waals surface area contributed by atoms with Crippen LogP contribution < -0.4 is 10.3 Å². The Labute approximate surface area is 203 Å². The highest BCUT2D eigenvalue weighted by molar-refractivity contribution is 7.87. The van der Waals surface area contributed by atoms with Crippen LogP contribution in [0.15, 0.2) is 89.8 Å². The predicted octanol–water partition coefficient (Wildman–Crippen LogP) is 4.40. The second-order valence-electron chi connectivity index (χ2n) is 7.57. The Hall–Kier alpha value is -4.02. The molecule has 0 radical (unpaired) electrons. The summed E-state index contributed by atoms with van der Waals surface area (Å²) in [6.45, 7) is 6.01. The van der Waals surface area contributed by atoms with Gasteiger partial charge in [-0.2, -0.15) is 13.2 Å². The number of hydrogen-bond donors (Lipinski definition) is 1. The Balaban J connectivity index is 0.00000342. The quantitative estimate of drug-likeness (QED) is 0.205. The molecule has 0 fully saturated rings. The fourth-order valence-corrected chi connectivity index (χ4v) is 4.16. The third-order valence-corrected chi connectivity index (χ3v) is 6.14. The number of hydrogen-bond acceptors (Lipinski definition) is 8. The lowest BCUT2D eigenvalue weighted by atomic mass is 10.1. The van der Waals surface area contributed by atoms with Gasteiger partial charge in [-0.15, -0.1) is 10.2 Å². The number of nitrogens with zero attached hydrogens (tertiary/aromatic N) is 3. The molecule has 4 aromatic rings. The maximum atomic E-state index is 12.9. The Bertz CT molecular complexity index is 1410. The topological polar surface area (TPSA) is 135 Å². The van der Waals surface area contributed by atoms with E-state index in [0.29, 0.717) is 35.3 Å². The molecule has 0 saturated heterocycles. The summed E-state index contributed by atoms with van der Waals surface area (Å²) in [6, 6.07) is 20.0. The number of aromatic nitrogens is 3. The van der Waals surface area contributed by atoms with Crippen molar-refractivity contribution in [3.8, 4) is 11.4 Å². The molecule has 0 aliphatic heterocycles. The molecule has 0 aliphatic rings. The molecule has 35 heavy (non-hydrogen) atoms. The third kappa shape index (κ3) is 6.11. The third-order valence-electron chi connectivity index (χ3n) is 4.90. The summed E-state index contributed by atoms with van der Waals surface area (Å²) < 4.78 is 36.1. The van der Waals surface area contributed by atoms with Crippen LogP contribution in [-0.4, -0.2) is 36.0 Å². The lowest BCUT2D eigenvalue weighted by molar-refractivity contribution is -0.139. The van der Waals surface area contributed by atoms with E-state index in [1.54, 1.807) is 24.3 Å². The molecule has 1 aromatic heterocycles. The number of rotatable bonds is 9. The highest BCUT2D eigenvalue weighted by Gasteiger charge is 2.18. The van der Waals surface area contributed by atoms with Gasteiger partial charge < -0.3 is 15.1 Å². The normalized spacial score (nSPS) is 11.0. The monoisotopic (exact) mass is 494 g/mol. The zero-order valence-electron chi connectivity index (χ0n) is 19.3. The number of fused-ring (bicyclic) bond motifs is 1. The van der Waals surface area contributed by atoms with Crippen LogP contribution in [0.1, 0.15) is 18.9 Å². The molecule has 0 atom stereocenters. The number of carbonyl (C=O) groups excluding carboxylic acids is 1. The molecule has 10 heteroatoms. The average molecular weight is 495 g/mol. The van der Waals surface area contributed by atoms with Gasteiger partial charge in [-0.3, -0.25) is 0 Å². The van der Waals surface area contributed by atoms with Crippen molar-refractivity contribution in [2.24, 2.45) is 0 Å². The smallest absolute Gasteiger partial charge is 0.339 e. The molecular formula is C25H26N4O5S. The van der Waals surface area contributed by atoms with Gasteiger partial charge >= 0.3 is 16.1 Å². The first-order valence-corrected chi connectivity index (χ1v) is 12.1. The van der Waals surface area contributed by atoms with E-state index in [1.165, 1.54) is 29.1 Å². The minimum atomic E-state index is -4.09. The van der Waals surface area contributed by atoms with Crippen LogP contribution in [0.5, 0.6) is 5.75 Å². The second kappa shape index (κ2) is 10.9. The standard InChI is InChI=1S/C25H23N3O5S.H3N/c1-3-15-32-25(29)18(2)16-19-11-13-21(14-12-19)33-34(30,31)22-8-6-7-20(17-22)28-26-23-9-4-5-10-24(23)27-28;/h4-14,17H,2-3,15-16H2,1H3;1H3. The van der Waals surface area contributed by atoms with Crippen molar-refractivity contribution in [3.05, 3.63) is 90.5 Å². The van der Waals surface area contributed by atoms with E-state index in [2.05, 4.69) is 16.8 Å². The zero-order chi connectivity index (χ0) is 24.1. The summed E-state index contributed by atoms with van der Waals surface area (Å²) in [7, 11) is -4.09. The van der Waals surface area contributed by atoms with Crippen molar-refractivity contribution in [2.75, 3.05) is 6.61 Å². The summed E-state index contributed by atoms with van der Waals surface area (Å²) in [5.74, 6) is -0.291. The second-order valence-corrected chi connectivity index (χ2v) is 9.12. The molecular weight excluding hydrogens is 468 g/mol. The maximum Gasteiger partial charge on any atom is 0.339 e. The Morgan fingerprint density at radius 1 is 0.971 bits per heavy atom. The first kappa shape index (κ1) is 25.6. The minimum absolute atomic E-state index is 0. The van der Waals surface area contributed by atoms with Crippen molar-refractivity contribution < 1.29 is 22.1 Å². The Morgan fingerprint density at radius 2 is 1.63 bits per heavy atom. The molecule has 0 aliphatic carbocycles. The van der Waals surface area contributed by atoms with Gasteiger partial charge in [0.1, 0.15) is 21.7 Å². The molecule has 0 unspecified atom stereocenters. The molecule has 3 aromatic carbocycles. The minimum Gasteiger partial charge on any atom is -0.462 e. The molecule has 182 valence electrons. The summed E-state index contributed by atoms with van der Waals surface area (Å²) >= 11 is 0. The van der Waals surface area contributed by atoms with E-state index in [0.717, 1.165) is 12.0 Å². The first-order valence-electron chi connectivity index (χ1n) is 10.7. The summed E-state index contributed by atoms with van der Waals surface area (Å²) in [6.07, 6.45) is 1.03. The average Bonchev–Trinajstić information content (AvgIpc) is 3.28. The van der Waals surface area contributed by atoms with Crippen LogP contribution in [0.25, 0.3) is 16.7 Å². The summed E-state index contributed by atoms with van der Waals surface area (Å²) in [5, 5.41) is 8.76. The molecule has 1 heterocycles. The van der Waals surface area contributed by atoms with Crippen LogP contribution in [0.2, 0.25) is 0 Å². The van der Waals surface area contributed by atoms with Crippen LogP contribution in [-0.2, 0) is 26.1 Å². The zero-order valence-corrected chi connectivity index (χ0v) is 20.1. The molecule has 3 N–H and O–H groups in total. The fourth-order valence-electron chi connectivity index (χ4n) is 3.19. The van der Waals surface area contributed by atoms with Gasteiger partial charge in [0.25, 0.3) is 0 Å². The summed E-state index contributed by atoms with van der Waals surface area (Å²) in [4.78, 5) is 13.2. The van der Waals surface area contributed by atoms with E-state index in [9.17, 15) is 13.2 Å². The van der Waals surface area contributed by atoms with E-state index >= 15 is 0 Å². The number of ether oxygens (including phenoxy) is 1. The van der Waals surface area contributed by atoms with Gasteiger partial charge in [0.15, 0.2) is 0 Å². The van der Waals surface area contributed by atoms with Crippen LogP contribution in [0.4, 0.5) is 0 Å². The summed E-state index contributed by atoms with van der Waals surface area (Å²) in [5.41, 5.74) is 3.00. The molecule has 4 rings (SSSR count). The Kier molecular flexibility index (Phi) is 8.00. The Morgan fingerprint density at radius 3 is 2.26 bits per heavy atom.